The second-order valence-electron chi connectivity index (χ2n) is 8.33. The van der Waals surface area contributed by atoms with E-state index in [2.05, 4.69) is 6.92 Å². The lowest BCUT2D eigenvalue weighted by molar-refractivity contribution is -0.129. The van der Waals surface area contributed by atoms with Crippen molar-refractivity contribution in [2.75, 3.05) is 0 Å². The highest BCUT2D eigenvalue weighted by molar-refractivity contribution is 5.83. The number of fused-ring (bicyclic) bond motifs is 5. The molecule has 4 saturated carbocycles. The third kappa shape index (κ3) is 1.76. The van der Waals surface area contributed by atoms with Crippen LogP contribution in [0.1, 0.15) is 64.7 Å². The molecule has 0 aromatic rings. The van der Waals surface area contributed by atoms with Crippen molar-refractivity contribution in [1.29, 1.82) is 0 Å². The third-order valence-electron chi connectivity index (χ3n) is 7.71. The van der Waals surface area contributed by atoms with Gasteiger partial charge < -0.3 is 5.11 Å². The molecular formula is C18H28O2. The predicted octanol–water partition coefficient (Wildman–Crippen LogP) is 3.57. The van der Waals surface area contributed by atoms with Gasteiger partial charge in [0.1, 0.15) is 5.78 Å². The minimum atomic E-state index is -0.0472. The topological polar surface area (TPSA) is 37.3 Å². The van der Waals surface area contributed by atoms with Gasteiger partial charge in [-0.2, -0.15) is 0 Å². The van der Waals surface area contributed by atoms with E-state index in [1.807, 2.05) is 0 Å². The second kappa shape index (κ2) is 4.56. The van der Waals surface area contributed by atoms with Crippen LogP contribution in [0.5, 0.6) is 0 Å². The molecule has 2 heteroatoms. The van der Waals surface area contributed by atoms with Crippen LogP contribution >= 0.6 is 0 Å². The summed E-state index contributed by atoms with van der Waals surface area (Å²) < 4.78 is 0. The van der Waals surface area contributed by atoms with Gasteiger partial charge in [-0.25, -0.2) is 0 Å². The lowest BCUT2D eigenvalue weighted by Gasteiger charge is -2.58. The van der Waals surface area contributed by atoms with E-state index in [9.17, 15) is 9.90 Å². The molecule has 112 valence electrons. The van der Waals surface area contributed by atoms with E-state index in [0.29, 0.717) is 23.0 Å². The van der Waals surface area contributed by atoms with Gasteiger partial charge in [0.25, 0.3) is 0 Å². The van der Waals surface area contributed by atoms with Gasteiger partial charge in [-0.05, 0) is 80.5 Å². The monoisotopic (exact) mass is 276 g/mol. The Morgan fingerprint density at radius 2 is 1.90 bits per heavy atom. The Morgan fingerprint density at radius 3 is 2.75 bits per heavy atom. The van der Waals surface area contributed by atoms with Gasteiger partial charge in [0.05, 0.1) is 6.10 Å². The molecule has 0 unspecified atom stereocenters. The number of carbonyl (C=O) groups is 1. The molecule has 1 N–H and O–H groups in total. The molecule has 0 aliphatic heterocycles. The summed E-state index contributed by atoms with van der Waals surface area (Å²) in [6, 6.07) is 0. The van der Waals surface area contributed by atoms with Gasteiger partial charge >= 0.3 is 0 Å². The number of carbonyl (C=O) groups excluding carboxylic acids is 1. The summed E-state index contributed by atoms with van der Waals surface area (Å²) in [6.45, 7) is 2.51. The van der Waals surface area contributed by atoms with Gasteiger partial charge in [0, 0.05) is 12.3 Å². The summed E-state index contributed by atoms with van der Waals surface area (Å²) in [5, 5.41) is 10.00. The Hall–Kier alpha value is -0.370. The van der Waals surface area contributed by atoms with E-state index in [0.717, 1.165) is 43.4 Å². The van der Waals surface area contributed by atoms with Crippen molar-refractivity contribution in [3.63, 3.8) is 0 Å². The van der Waals surface area contributed by atoms with Crippen molar-refractivity contribution in [1.82, 2.24) is 0 Å². The smallest absolute Gasteiger partial charge is 0.136 e. The molecule has 0 radical (unpaired) electrons. The van der Waals surface area contributed by atoms with E-state index >= 15 is 0 Å². The Kier molecular flexibility index (Phi) is 3.03. The second-order valence-corrected chi connectivity index (χ2v) is 8.33. The average Bonchev–Trinajstić information content (AvgIpc) is 2.82. The van der Waals surface area contributed by atoms with Crippen LogP contribution < -0.4 is 0 Å². The highest BCUT2D eigenvalue weighted by atomic mass is 16.3. The highest BCUT2D eigenvalue weighted by Crippen LogP contribution is 2.62. The Morgan fingerprint density at radius 1 is 1.05 bits per heavy atom. The first kappa shape index (κ1) is 13.3. The Labute approximate surface area is 122 Å². The van der Waals surface area contributed by atoms with Crippen molar-refractivity contribution < 1.29 is 9.90 Å². The molecule has 2 nitrogen and oxygen atoms in total. The van der Waals surface area contributed by atoms with E-state index in [1.54, 1.807) is 0 Å². The minimum Gasteiger partial charge on any atom is -0.393 e. The first-order valence-corrected chi connectivity index (χ1v) is 8.80. The fourth-order valence-corrected chi connectivity index (χ4v) is 6.65. The fourth-order valence-electron chi connectivity index (χ4n) is 6.65. The SMILES string of the molecule is C[C@]12CC[C@H](O)C[C@@H]1CC[C@H]1[C@@H]3CCC(=O)[C@@H]3CC[C@@H]12. The number of hydrogen-bond donors (Lipinski definition) is 1. The molecule has 0 bridgehead atoms. The minimum absolute atomic E-state index is 0.0472. The molecule has 0 heterocycles. The quantitative estimate of drug-likeness (QED) is 0.734. The summed E-state index contributed by atoms with van der Waals surface area (Å²) in [7, 11) is 0. The van der Waals surface area contributed by atoms with Crippen molar-refractivity contribution in [3.05, 3.63) is 0 Å². The van der Waals surface area contributed by atoms with Gasteiger partial charge in [-0.3, -0.25) is 4.79 Å². The van der Waals surface area contributed by atoms with Crippen LogP contribution in [0.25, 0.3) is 0 Å². The molecule has 0 spiro atoms. The van der Waals surface area contributed by atoms with Gasteiger partial charge in [0.2, 0.25) is 0 Å². The highest BCUT2D eigenvalue weighted by Gasteiger charge is 2.56. The Balaban J connectivity index is 1.61. The van der Waals surface area contributed by atoms with E-state index in [4.69, 9.17) is 0 Å². The molecule has 7 atom stereocenters. The standard InChI is InChI=1S/C18H28O2/c1-18-9-8-12(19)10-11(18)2-3-14-13-5-7-17(20)15(13)4-6-16(14)18/h11-16,19H,2-10H2,1H3/t11-,12-,13-,14-,15+,16-,18-/m0/s1. The zero-order valence-electron chi connectivity index (χ0n) is 12.7. The summed E-state index contributed by atoms with van der Waals surface area (Å²) in [6.07, 6.45) is 10.3. The van der Waals surface area contributed by atoms with Crippen LogP contribution in [-0.4, -0.2) is 17.0 Å². The maximum absolute atomic E-state index is 12.1. The van der Waals surface area contributed by atoms with E-state index in [-0.39, 0.29) is 6.10 Å². The average molecular weight is 276 g/mol. The summed E-state index contributed by atoms with van der Waals surface area (Å²) in [5.41, 5.74) is 0.457. The van der Waals surface area contributed by atoms with Crippen LogP contribution in [0.4, 0.5) is 0 Å². The fraction of sp³-hybridized carbons (Fsp3) is 0.944. The van der Waals surface area contributed by atoms with Crippen LogP contribution in [0.15, 0.2) is 0 Å². The van der Waals surface area contributed by atoms with Crippen LogP contribution in [0.3, 0.4) is 0 Å². The molecule has 0 saturated heterocycles. The first-order valence-electron chi connectivity index (χ1n) is 8.80. The number of Topliss-reactive ketones (excluding diaryl/α,β-unsaturated/α-hetero) is 1. The van der Waals surface area contributed by atoms with Crippen LogP contribution in [0.2, 0.25) is 0 Å². The molecule has 20 heavy (non-hydrogen) atoms. The number of hydrogen-bond acceptors (Lipinski definition) is 2. The number of aliphatic hydroxyl groups is 1. The predicted molar refractivity (Wildman–Crippen MR) is 78.1 cm³/mol. The lowest BCUT2D eigenvalue weighted by atomic mass is 9.47. The maximum Gasteiger partial charge on any atom is 0.136 e. The summed E-state index contributed by atoms with van der Waals surface area (Å²) >= 11 is 0. The lowest BCUT2D eigenvalue weighted by Crippen LogP contribution is -2.51. The van der Waals surface area contributed by atoms with Crippen LogP contribution in [0, 0.1) is 35.0 Å². The maximum atomic E-state index is 12.1. The van der Waals surface area contributed by atoms with Crippen LogP contribution in [-0.2, 0) is 4.79 Å². The van der Waals surface area contributed by atoms with E-state index < -0.39 is 0 Å². The van der Waals surface area contributed by atoms with Gasteiger partial charge in [0.15, 0.2) is 0 Å². The number of rotatable bonds is 0. The number of aliphatic hydroxyl groups excluding tert-OH is 1. The zero-order chi connectivity index (χ0) is 13.9. The molecule has 0 amide bonds. The Bertz CT molecular complexity index is 418. The molecule has 4 fully saturated rings. The van der Waals surface area contributed by atoms with E-state index in [1.165, 1.54) is 32.1 Å². The zero-order valence-corrected chi connectivity index (χ0v) is 12.7. The first-order chi connectivity index (χ1) is 9.59. The largest absolute Gasteiger partial charge is 0.393 e. The molecule has 0 aromatic heterocycles. The van der Waals surface area contributed by atoms with Crippen molar-refractivity contribution in [2.24, 2.45) is 35.0 Å². The number of ketones is 1. The van der Waals surface area contributed by atoms with Crippen molar-refractivity contribution >= 4 is 5.78 Å². The molecule has 0 aromatic carbocycles. The molecule has 4 rings (SSSR count). The molecular weight excluding hydrogens is 248 g/mol. The van der Waals surface area contributed by atoms with Gasteiger partial charge in [-0.1, -0.05) is 6.92 Å². The summed E-state index contributed by atoms with van der Waals surface area (Å²) in [5.74, 6) is 4.09. The third-order valence-corrected chi connectivity index (χ3v) is 7.71. The normalized spacial score (nSPS) is 55.0. The summed E-state index contributed by atoms with van der Waals surface area (Å²) in [4.78, 5) is 12.1. The molecule has 4 aliphatic carbocycles. The molecule has 4 aliphatic rings. The van der Waals surface area contributed by atoms with Crippen molar-refractivity contribution in [2.45, 2.75) is 70.8 Å². The van der Waals surface area contributed by atoms with Crippen molar-refractivity contribution in [3.8, 4) is 0 Å². The van der Waals surface area contributed by atoms with Gasteiger partial charge in [-0.15, -0.1) is 0 Å².